The quantitative estimate of drug-likeness (QED) is 0.811. The molecule has 0 bridgehead atoms. The highest BCUT2D eigenvalue weighted by atomic mass is 32.1. The van der Waals surface area contributed by atoms with Gasteiger partial charge in [0.2, 0.25) is 5.91 Å². The van der Waals surface area contributed by atoms with Crippen LogP contribution in [0.25, 0.3) is 0 Å². The summed E-state index contributed by atoms with van der Waals surface area (Å²) in [5.74, 6) is -1.07. The van der Waals surface area contributed by atoms with Gasteiger partial charge in [0.1, 0.15) is 5.01 Å². The number of rotatable bonds is 5. The average molecular weight is 280 g/mol. The third kappa shape index (κ3) is 4.17. The number of hydrogen-bond acceptors (Lipinski definition) is 4. The van der Waals surface area contributed by atoms with Crippen LogP contribution in [-0.4, -0.2) is 22.0 Å². The SMILES string of the molecule is O=C(CC1=CCCCC1)NCc1nc(C(=O)O)cs1. The van der Waals surface area contributed by atoms with E-state index in [0.717, 1.165) is 19.3 Å². The van der Waals surface area contributed by atoms with Crippen molar-refractivity contribution in [2.24, 2.45) is 0 Å². The molecule has 0 saturated heterocycles. The van der Waals surface area contributed by atoms with Crippen LogP contribution < -0.4 is 5.32 Å². The van der Waals surface area contributed by atoms with Crippen molar-refractivity contribution in [1.29, 1.82) is 0 Å². The van der Waals surface area contributed by atoms with Gasteiger partial charge in [-0.05, 0) is 25.7 Å². The number of thiazole rings is 1. The molecule has 0 saturated carbocycles. The number of nitrogens with zero attached hydrogens (tertiary/aromatic N) is 1. The Morgan fingerprint density at radius 3 is 2.89 bits per heavy atom. The Labute approximate surface area is 115 Å². The fourth-order valence-corrected chi connectivity index (χ4v) is 2.71. The highest BCUT2D eigenvalue weighted by molar-refractivity contribution is 7.09. The third-order valence-corrected chi connectivity index (χ3v) is 3.83. The average Bonchev–Trinajstić information content (AvgIpc) is 2.86. The van der Waals surface area contributed by atoms with Crippen molar-refractivity contribution < 1.29 is 14.7 Å². The fourth-order valence-electron chi connectivity index (χ4n) is 2.00. The molecular weight excluding hydrogens is 264 g/mol. The lowest BCUT2D eigenvalue weighted by Gasteiger charge is -2.12. The number of carboxylic acid groups (broad SMARTS) is 1. The van der Waals surface area contributed by atoms with Gasteiger partial charge in [-0.3, -0.25) is 4.79 Å². The largest absolute Gasteiger partial charge is 0.476 e. The number of carboxylic acids is 1. The van der Waals surface area contributed by atoms with E-state index in [-0.39, 0.29) is 11.6 Å². The molecule has 1 aromatic rings. The molecule has 0 spiro atoms. The zero-order valence-corrected chi connectivity index (χ0v) is 11.3. The molecule has 1 aliphatic rings. The summed E-state index contributed by atoms with van der Waals surface area (Å²) in [4.78, 5) is 26.3. The van der Waals surface area contributed by atoms with E-state index in [1.54, 1.807) is 0 Å². The van der Waals surface area contributed by atoms with Crippen LogP contribution in [0.4, 0.5) is 0 Å². The third-order valence-electron chi connectivity index (χ3n) is 2.98. The molecule has 1 amide bonds. The van der Waals surface area contributed by atoms with Crippen molar-refractivity contribution >= 4 is 23.2 Å². The minimum atomic E-state index is -1.04. The molecule has 1 aromatic heterocycles. The maximum Gasteiger partial charge on any atom is 0.355 e. The van der Waals surface area contributed by atoms with Gasteiger partial charge in [0.05, 0.1) is 6.54 Å². The zero-order chi connectivity index (χ0) is 13.7. The first-order valence-electron chi connectivity index (χ1n) is 6.27. The minimum Gasteiger partial charge on any atom is -0.476 e. The maximum atomic E-state index is 11.7. The summed E-state index contributed by atoms with van der Waals surface area (Å²) >= 11 is 1.24. The summed E-state index contributed by atoms with van der Waals surface area (Å²) < 4.78 is 0. The van der Waals surface area contributed by atoms with Crippen LogP contribution >= 0.6 is 11.3 Å². The molecule has 102 valence electrons. The fraction of sp³-hybridized carbons (Fsp3) is 0.462. The molecule has 1 aliphatic carbocycles. The molecule has 19 heavy (non-hydrogen) atoms. The van der Waals surface area contributed by atoms with E-state index in [0.29, 0.717) is 18.0 Å². The van der Waals surface area contributed by atoms with Gasteiger partial charge in [0.15, 0.2) is 5.69 Å². The number of hydrogen-bond donors (Lipinski definition) is 2. The first-order valence-corrected chi connectivity index (χ1v) is 7.15. The van der Waals surface area contributed by atoms with E-state index in [1.165, 1.54) is 28.7 Å². The van der Waals surface area contributed by atoms with Gasteiger partial charge in [0, 0.05) is 11.8 Å². The molecule has 6 heteroatoms. The summed E-state index contributed by atoms with van der Waals surface area (Å²) in [5.41, 5.74) is 1.23. The molecular formula is C13H16N2O3S. The number of aromatic nitrogens is 1. The molecule has 0 aromatic carbocycles. The number of carbonyl (C=O) groups excluding carboxylic acids is 1. The monoisotopic (exact) mass is 280 g/mol. The second kappa shape index (κ2) is 6.47. The molecule has 0 fully saturated rings. The Kier molecular flexibility index (Phi) is 4.68. The predicted octanol–water partition coefficient (Wildman–Crippen LogP) is 2.35. The molecule has 2 N–H and O–H groups in total. The van der Waals surface area contributed by atoms with Gasteiger partial charge in [-0.2, -0.15) is 0 Å². The van der Waals surface area contributed by atoms with Crippen molar-refractivity contribution in [2.75, 3.05) is 0 Å². The molecule has 1 heterocycles. The van der Waals surface area contributed by atoms with Crippen molar-refractivity contribution in [3.05, 3.63) is 27.7 Å². The van der Waals surface area contributed by atoms with E-state index in [1.807, 2.05) is 0 Å². The minimum absolute atomic E-state index is 0.0276. The summed E-state index contributed by atoms with van der Waals surface area (Å²) in [6.45, 7) is 0.296. The molecule has 0 unspecified atom stereocenters. The Morgan fingerprint density at radius 2 is 2.26 bits per heavy atom. The Bertz CT molecular complexity index is 508. The van der Waals surface area contributed by atoms with Crippen LogP contribution in [0.2, 0.25) is 0 Å². The van der Waals surface area contributed by atoms with E-state index in [9.17, 15) is 9.59 Å². The van der Waals surface area contributed by atoms with Crippen molar-refractivity contribution in [3.63, 3.8) is 0 Å². The summed E-state index contributed by atoms with van der Waals surface area (Å²) in [6, 6.07) is 0. The van der Waals surface area contributed by atoms with Crippen LogP contribution in [0.1, 0.15) is 47.6 Å². The van der Waals surface area contributed by atoms with E-state index in [4.69, 9.17) is 5.11 Å². The lowest BCUT2D eigenvalue weighted by atomic mass is 9.97. The number of allylic oxidation sites excluding steroid dienone is 1. The summed E-state index contributed by atoms with van der Waals surface area (Å²) in [7, 11) is 0. The van der Waals surface area contributed by atoms with Crippen molar-refractivity contribution in [3.8, 4) is 0 Å². The summed E-state index contributed by atoms with van der Waals surface area (Å²) in [5, 5.41) is 13.6. The van der Waals surface area contributed by atoms with Gasteiger partial charge in [-0.15, -0.1) is 11.3 Å². The van der Waals surface area contributed by atoms with Crippen LogP contribution in [0.15, 0.2) is 17.0 Å². The number of carbonyl (C=O) groups is 2. The van der Waals surface area contributed by atoms with Gasteiger partial charge in [0.25, 0.3) is 0 Å². The molecule has 5 nitrogen and oxygen atoms in total. The first kappa shape index (κ1) is 13.7. The zero-order valence-electron chi connectivity index (χ0n) is 10.5. The highest BCUT2D eigenvalue weighted by Crippen LogP contribution is 2.19. The summed E-state index contributed by atoms with van der Waals surface area (Å²) in [6.07, 6.45) is 7.03. The highest BCUT2D eigenvalue weighted by Gasteiger charge is 2.11. The second-order valence-corrected chi connectivity index (χ2v) is 5.44. The van der Waals surface area contributed by atoms with Crippen molar-refractivity contribution in [1.82, 2.24) is 10.3 Å². The number of amides is 1. The van der Waals surface area contributed by atoms with Gasteiger partial charge in [-0.1, -0.05) is 11.6 Å². The second-order valence-electron chi connectivity index (χ2n) is 4.49. The smallest absolute Gasteiger partial charge is 0.355 e. The van der Waals surface area contributed by atoms with E-state index in [2.05, 4.69) is 16.4 Å². The standard InChI is InChI=1S/C13H16N2O3S/c16-11(6-9-4-2-1-3-5-9)14-7-12-15-10(8-19-12)13(17)18/h4,8H,1-3,5-7H2,(H,14,16)(H,17,18). The van der Waals surface area contributed by atoms with Crippen LogP contribution in [0.5, 0.6) is 0 Å². The normalized spacial score (nSPS) is 14.8. The molecule has 0 radical (unpaired) electrons. The first-order chi connectivity index (χ1) is 9.15. The van der Waals surface area contributed by atoms with Gasteiger partial charge >= 0.3 is 5.97 Å². The number of nitrogens with one attached hydrogen (secondary N) is 1. The van der Waals surface area contributed by atoms with Crippen LogP contribution in [0.3, 0.4) is 0 Å². The molecule has 0 aliphatic heterocycles. The lowest BCUT2D eigenvalue weighted by Crippen LogP contribution is -2.23. The van der Waals surface area contributed by atoms with Gasteiger partial charge in [-0.25, -0.2) is 9.78 Å². The Balaban J connectivity index is 1.79. The molecule has 2 rings (SSSR count). The van der Waals surface area contributed by atoms with Gasteiger partial charge < -0.3 is 10.4 Å². The number of aromatic carboxylic acids is 1. The van der Waals surface area contributed by atoms with Crippen LogP contribution in [0, 0.1) is 0 Å². The Hall–Kier alpha value is -1.69. The molecule has 0 atom stereocenters. The van der Waals surface area contributed by atoms with E-state index < -0.39 is 5.97 Å². The predicted molar refractivity (Wildman–Crippen MR) is 72.1 cm³/mol. The van der Waals surface area contributed by atoms with E-state index >= 15 is 0 Å². The lowest BCUT2D eigenvalue weighted by molar-refractivity contribution is -0.120. The Morgan fingerprint density at radius 1 is 1.42 bits per heavy atom. The van der Waals surface area contributed by atoms with Crippen molar-refractivity contribution in [2.45, 2.75) is 38.6 Å². The topological polar surface area (TPSA) is 79.3 Å². The van der Waals surface area contributed by atoms with Crippen LogP contribution in [-0.2, 0) is 11.3 Å². The maximum absolute atomic E-state index is 11.7.